The zero-order valence-corrected chi connectivity index (χ0v) is 18.0. The Morgan fingerprint density at radius 2 is 1.27 bits per heavy atom. The maximum atomic E-state index is 14.1. The molecular weight excluding hydrogens is 395 g/mol. The molecule has 1 aliphatic carbocycles. The summed E-state index contributed by atoms with van der Waals surface area (Å²) in [6.45, 7) is 3.81. The molecule has 0 aliphatic heterocycles. The quantitative estimate of drug-likeness (QED) is 0.471. The molecule has 3 aromatic carbocycles. The molecule has 0 radical (unpaired) electrons. The lowest BCUT2D eigenvalue weighted by molar-refractivity contribution is 0.110. The minimum atomic E-state index is -3.99. The highest BCUT2D eigenvalue weighted by Crippen LogP contribution is 2.72. The Labute approximate surface area is 177 Å². The van der Waals surface area contributed by atoms with Gasteiger partial charge < -0.3 is 14.2 Å². The van der Waals surface area contributed by atoms with Crippen LogP contribution in [0.1, 0.15) is 36.1 Å². The maximum absolute atomic E-state index is 14.1. The lowest BCUT2D eigenvalue weighted by Gasteiger charge is -2.34. The van der Waals surface area contributed by atoms with Gasteiger partial charge in [0.1, 0.15) is 0 Å². The Bertz CT molecular complexity index is 1100. The molecule has 0 aromatic heterocycles. The molecule has 4 rings (SSSR count). The Hall–Kier alpha value is -2.49. The Morgan fingerprint density at radius 3 is 1.83 bits per heavy atom. The van der Waals surface area contributed by atoms with E-state index in [2.05, 4.69) is 0 Å². The molecule has 154 valence electrons. The molecule has 0 fully saturated rings. The standard InChI is InChI=1S/C25H25O4P/c1-3-28-30(27,29-4-2)25(26)22-18-12-11-17-21(22)23(19-13-7-5-8-14-19)24(25)20-15-9-6-10-16-20/h5-18,26H,3-4H2,1-2H3. The normalized spacial score (nSPS) is 18.5. The van der Waals surface area contributed by atoms with Crippen LogP contribution in [-0.4, -0.2) is 18.3 Å². The fourth-order valence-corrected chi connectivity index (χ4v) is 6.29. The van der Waals surface area contributed by atoms with Crippen LogP contribution in [0.15, 0.2) is 84.9 Å². The fraction of sp³-hybridized carbons (Fsp3) is 0.200. The second-order valence-electron chi connectivity index (χ2n) is 7.03. The van der Waals surface area contributed by atoms with Crippen molar-refractivity contribution in [2.45, 2.75) is 19.2 Å². The molecular formula is C25H25O4P. The van der Waals surface area contributed by atoms with Gasteiger partial charge in [-0.25, -0.2) is 0 Å². The average molecular weight is 420 g/mol. The van der Waals surface area contributed by atoms with Crippen molar-refractivity contribution in [2.75, 3.05) is 13.2 Å². The van der Waals surface area contributed by atoms with Gasteiger partial charge in [-0.05, 0) is 36.1 Å². The summed E-state index contributed by atoms with van der Waals surface area (Å²) in [7, 11) is -3.99. The summed E-state index contributed by atoms with van der Waals surface area (Å²) >= 11 is 0. The first kappa shape index (κ1) is 20.8. The van der Waals surface area contributed by atoms with Gasteiger partial charge in [0, 0.05) is 11.1 Å². The number of fused-ring (bicyclic) bond motifs is 1. The highest BCUT2D eigenvalue weighted by atomic mass is 31.2. The number of rotatable bonds is 7. The van der Waals surface area contributed by atoms with E-state index in [4.69, 9.17) is 9.05 Å². The van der Waals surface area contributed by atoms with E-state index in [-0.39, 0.29) is 13.2 Å². The zero-order chi connectivity index (χ0) is 21.2. The molecule has 1 atom stereocenters. The van der Waals surface area contributed by atoms with Crippen molar-refractivity contribution in [1.29, 1.82) is 0 Å². The predicted octanol–water partition coefficient (Wildman–Crippen LogP) is 6.07. The third-order valence-corrected chi connectivity index (χ3v) is 7.74. The van der Waals surface area contributed by atoms with Gasteiger partial charge >= 0.3 is 7.60 Å². The highest BCUT2D eigenvalue weighted by Gasteiger charge is 2.59. The van der Waals surface area contributed by atoms with Gasteiger partial charge in [0.15, 0.2) is 0 Å². The van der Waals surface area contributed by atoms with E-state index in [0.717, 1.165) is 22.3 Å². The van der Waals surface area contributed by atoms with E-state index in [1.165, 1.54) is 0 Å². The summed E-state index contributed by atoms with van der Waals surface area (Å²) in [5, 5.41) is 10.4. The molecule has 0 bridgehead atoms. The van der Waals surface area contributed by atoms with E-state index < -0.39 is 12.9 Å². The molecule has 5 heteroatoms. The number of hydrogen-bond donors (Lipinski definition) is 1. The van der Waals surface area contributed by atoms with Crippen LogP contribution in [0, 0.1) is 0 Å². The Morgan fingerprint density at radius 1 is 0.767 bits per heavy atom. The third-order valence-electron chi connectivity index (χ3n) is 5.29. The minimum Gasteiger partial charge on any atom is -0.370 e. The second-order valence-corrected chi connectivity index (χ2v) is 9.19. The number of benzene rings is 3. The molecule has 4 nitrogen and oxygen atoms in total. The van der Waals surface area contributed by atoms with E-state index in [1.807, 2.05) is 78.9 Å². The van der Waals surface area contributed by atoms with E-state index in [0.29, 0.717) is 11.1 Å². The van der Waals surface area contributed by atoms with Crippen molar-refractivity contribution in [3.63, 3.8) is 0 Å². The van der Waals surface area contributed by atoms with Crippen molar-refractivity contribution >= 4 is 18.7 Å². The van der Waals surface area contributed by atoms with E-state index in [1.54, 1.807) is 19.9 Å². The summed E-state index contributed by atoms with van der Waals surface area (Å²) in [6, 6.07) is 26.9. The SMILES string of the molecule is CCOP(=O)(OCC)C1(O)C(c2ccccc2)=C(c2ccccc2)c2ccccc21. The van der Waals surface area contributed by atoms with Gasteiger partial charge in [-0.1, -0.05) is 84.9 Å². The van der Waals surface area contributed by atoms with Crippen LogP contribution in [0.25, 0.3) is 11.1 Å². The van der Waals surface area contributed by atoms with Crippen LogP contribution in [0.5, 0.6) is 0 Å². The first-order valence-corrected chi connectivity index (χ1v) is 11.7. The lowest BCUT2D eigenvalue weighted by atomic mass is 9.94. The lowest BCUT2D eigenvalue weighted by Crippen LogP contribution is -2.28. The van der Waals surface area contributed by atoms with Gasteiger partial charge in [0.2, 0.25) is 5.34 Å². The summed E-state index contributed by atoms with van der Waals surface area (Å²) in [5.74, 6) is 0. The predicted molar refractivity (Wildman–Crippen MR) is 120 cm³/mol. The maximum Gasteiger partial charge on any atom is 0.371 e. The molecule has 1 aliphatic rings. The van der Waals surface area contributed by atoms with Crippen LogP contribution < -0.4 is 0 Å². The molecule has 30 heavy (non-hydrogen) atoms. The molecule has 0 saturated heterocycles. The van der Waals surface area contributed by atoms with Crippen molar-refractivity contribution in [2.24, 2.45) is 0 Å². The van der Waals surface area contributed by atoms with E-state index in [9.17, 15) is 9.67 Å². The van der Waals surface area contributed by atoms with E-state index >= 15 is 0 Å². The van der Waals surface area contributed by atoms with Crippen LogP contribution in [0.3, 0.4) is 0 Å². The van der Waals surface area contributed by atoms with Crippen molar-refractivity contribution in [3.05, 3.63) is 107 Å². The number of aliphatic hydroxyl groups is 1. The van der Waals surface area contributed by atoms with Crippen molar-refractivity contribution in [3.8, 4) is 0 Å². The summed E-state index contributed by atoms with van der Waals surface area (Å²) in [4.78, 5) is 0. The topological polar surface area (TPSA) is 55.8 Å². The first-order chi connectivity index (χ1) is 14.6. The zero-order valence-electron chi connectivity index (χ0n) is 17.1. The molecule has 1 N–H and O–H groups in total. The van der Waals surface area contributed by atoms with Gasteiger partial charge in [-0.15, -0.1) is 0 Å². The largest absolute Gasteiger partial charge is 0.371 e. The molecule has 0 heterocycles. The van der Waals surface area contributed by atoms with Gasteiger partial charge in [0.05, 0.1) is 13.2 Å². The van der Waals surface area contributed by atoms with Crippen LogP contribution in [0.4, 0.5) is 0 Å². The van der Waals surface area contributed by atoms with Gasteiger partial charge in [0.25, 0.3) is 0 Å². The van der Waals surface area contributed by atoms with Gasteiger partial charge in [-0.2, -0.15) is 0 Å². The fourth-order valence-electron chi connectivity index (χ4n) is 4.15. The summed E-state index contributed by atoms with van der Waals surface area (Å²) in [5.41, 5.74) is 4.44. The molecule has 0 spiro atoms. The monoisotopic (exact) mass is 420 g/mol. The minimum absolute atomic E-state index is 0.157. The smallest absolute Gasteiger partial charge is 0.370 e. The molecule has 3 aromatic rings. The molecule has 1 unspecified atom stereocenters. The summed E-state index contributed by atoms with van der Waals surface area (Å²) in [6.07, 6.45) is 0. The van der Waals surface area contributed by atoms with Gasteiger partial charge in [-0.3, -0.25) is 4.57 Å². The highest BCUT2D eigenvalue weighted by molar-refractivity contribution is 7.55. The molecule has 0 saturated carbocycles. The van der Waals surface area contributed by atoms with Crippen LogP contribution in [-0.2, 0) is 19.0 Å². The Balaban J connectivity index is 2.13. The van der Waals surface area contributed by atoms with Crippen molar-refractivity contribution < 1.29 is 18.7 Å². The number of hydrogen-bond acceptors (Lipinski definition) is 4. The van der Waals surface area contributed by atoms with Crippen LogP contribution in [0.2, 0.25) is 0 Å². The first-order valence-electron chi connectivity index (χ1n) is 10.1. The summed E-state index contributed by atoms with van der Waals surface area (Å²) < 4.78 is 25.5. The third kappa shape index (κ3) is 3.17. The van der Waals surface area contributed by atoms with Crippen molar-refractivity contribution in [1.82, 2.24) is 0 Å². The Kier molecular flexibility index (Phi) is 5.77. The second kappa shape index (κ2) is 8.33. The molecule has 0 amide bonds. The van der Waals surface area contributed by atoms with Crippen LogP contribution >= 0.6 is 7.60 Å². The average Bonchev–Trinajstić information content (AvgIpc) is 3.06.